The zero-order valence-electron chi connectivity index (χ0n) is 19.6. The summed E-state index contributed by atoms with van der Waals surface area (Å²) >= 11 is 0. The Kier molecular flexibility index (Phi) is 4.80. The van der Waals surface area contributed by atoms with E-state index in [1.54, 1.807) is 0 Å². The molecular formula is C29H31N3Si. The maximum atomic E-state index is 5.16. The molecular weight excluding hydrogens is 418 g/mol. The number of allylic oxidation sites excluding steroid dienone is 1. The molecule has 6 rings (SSSR count). The van der Waals surface area contributed by atoms with Crippen molar-refractivity contribution in [2.24, 2.45) is 16.8 Å². The number of rotatable bonds is 3. The van der Waals surface area contributed by atoms with Crippen LogP contribution in [0, 0.1) is 11.8 Å². The average Bonchev–Trinajstić information content (AvgIpc) is 3.19. The van der Waals surface area contributed by atoms with Crippen molar-refractivity contribution in [3.63, 3.8) is 0 Å². The Labute approximate surface area is 198 Å². The van der Waals surface area contributed by atoms with Crippen molar-refractivity contribution in [1.29, 1.82) is 0 Å². The van der Waals surface area contributed by atoms with Crippen molar-refractivity contribution in [2.75, 3.05) is 9.88 Å². The van der Waals surface area contributed by atoms with Crippen LogP contribution >= 0.6 is 0 Å². The number of dihydropyridines is 1. The molecule has 0 spiro atoms. The van der Waals surface area contributed by atoms with E-state index >= 15 is 0 Å². The maximum absolute atomic E-state index is 5.16. The first-order valence-corrected chi connectivity index (χ1v) is 15.1. The molecule has 4 heteroatoms. The van der Waals surface area contributed by atoms with E-state index in [4.69, 9.17) is 4.99 Å². The number of anilines is 4. The van der Waals surface area contributed by atoms with Gasteiger partial charge in [-0.05, 0) is 59.4 Å². The smallest absolute Gasteiger partial charge is 0.162 e. The molecule has 1 N–H and O–H groups in total. The monoisotopic (exact) mass is 449 g/mol. The minimum Gasteiger partial charge on any atom is -0.365 e. The predicted octanol–water partition coefficient (Wildman–Crippen LogP) is 7.65. The zero-order valence-corrected chi connectivity index (χ0v) is 20.6. The SMILES string of the molecule is C[C@@H]1C[C@@H]2C(c3ccccc3)=CC=N[C@@H]2C1[Si](C)(C)N1c2ccccc2Nc2ccccc21. The molecule has 2 aliphatic heterocycles. The molecule has 1 saturated carbocycles. The summed E-state index contributed by atoms with van der Waals surface area (Å²) in [6, 6.07) is 28.8. The second-order valence-corrected chi connectivity index (χ2v) is 14.7. The van der Waals surface area contributed by atoms with Crippen LogP contribution in [0.5, 0.6) is 0 Å². The molecule has 3 aromatic rings. The lowest BCUT2D eigenvalue weighted by molar-refractivity contribution is 0.573. The highest BCUT2D eigenvalue weighted by molar-refractivity contribution is 6.84. The van der Waals surface area contributed by atoms with E-state index in [9.17, 15) is 0 Å². The first-order valence-electron chi connectivity index (χ1n) is 12.1. The standard InChI is InChI=1S/C29H31N3Si/c1-20-19-23-22(21-11-5-4-6-12-21)17-18-30-28(23)29(20)33(2,3)32-26-15-9-7-13-24(26)31-25-14-8-10-16-27(25)32/h4-18,20,23,28-29,31H,19H2,1-3H3/t20-,23-,28+,29?/m1/s1. The van der Waals surface area contributed by atoms with Crippen molar-refractivity contribution < 1.29 is 0 Å². The van der Waals surface area contributed by atoms with Gasteiger partial charge in [0.15, 0.2) is 8.24 Å². The Morgan fingerprint density at radius 2 is 1.45 bits per heavy atom. The van der Waals surface area contributed by atoms with E-state index in [2.05, 4.69) is 121 Å². The fourth-order valence-electron chi connectivity index (χ4n) is 6.78. The summed E-state index contributed by atoms with van der Waals surface area (Å²) in [5.41, 5.74) is 8.40. The largest absolute Gasteiger partial charge is 0.365 e. The maximum Gasteiger partial charge on any atom is 0.162 e. The lowest BCUT2D eigenvalue weighted by Gasteiger charge is -2.49. The number of hydrogen-bond acceptors (Lipinski definition) is 3. The molecule has 2 heterocycles. The molecule has 0 aromatic heterocycles. The number of fused-ring (bicyclic) bond motifs is 3. The fraction of sp³-hybridized carbons (Fsp3) is 0.276. The highest BCUT2D eigenvalue weighted by atomic mass is 28.3. The van der Waals surface area contributed by atoms with Gasteiger partial charge in [-0.1, -0.05) is 74.6 Å². The number of aliphatic imine (C=N–C) groups is 1. The Morgan fingerprint density at radius 3 is 2.12 bits per heavy atom. The number of nitrogens with one attached hydrogen (secondary N) is 1. The van der Waals surface area contributed by atoms with Crippen LogP contribution < -0.4 is 9.88 Å². The van der Waals surface area contributed by atoms with Crippen LogP contribution in [-0.4, -0.2) is 20.5 Å². The summed E-state index contributed by atoms with van der Waals surface area (Å²) in [7, 11) is -2.02. The molecule has 1 fully saturated rings. The number of nitrogens with zero attached hydrogens (tertiary/aromatic N) is 2. The Hall–Kier alpha value is -3.11. The minimum absolute atomic E-state index is 0.344. The van der Waals surface area contributed by atoms with Crippen molar-refractivity contribution in [1.82, 2.24) is 0 Å². The number of hydrogen-bond donors (Lipinski definition) is 1. The molecule has 0 saturated heterocycles. The van der Waals surface area contributed by atoms with Gasteiger partial charge in [0, 0.05) is 12.1 Å². The van der Waals surface area contributed by atoms with Gasteiger partial charge in [0.2, 0.25) is 0 Å². The summed E-state index contributed by atoms with van der Waals surface area (Å²) in [5, 5.41) is 3.67. The van der Waals surface area contributed by atoms with Crippen LogP contribution in [0.15, 0.2) is 89.9 Å². The first-order chi connectivity index (χ1) is 16.1. The van der Waals surface area contributed by atoms with E-state index in [0.717, 1.165) is 0 Å². The zero-order chi connectivity index (χ0) is 22.6. The predicted molar refractivity (Wildman–Crippen MR) is 144 cm³/mol. The van der Waals surface area contributed by atoms with Crippen molar-refractivity contribution in [3.05, 3.63) is 90.5 Å². The molecule has 3 aliphatic rings. The van der Waals surface area contributed by atoms with Crippen LogP contribution in [0.3, 0.4) is 0 Å². The van der Waals surface area contributed by atoms with E-state index in [1.165, 1.54) is 40.3 Å². The third-order valence-electron chi connectivity index (χ3n) is 7.99. The molecule has 3 aromatic carbocycles. The molecule has 3 nitrogen and oxygen atoms in total. The quantitative estimate of drug-likeness (QED) is 0.416. The van der Waals surface area contributed by atoms with Gasteiger partial charge >= 0.3 is 0 Å². The third kappa shape index (κ3) is 3.19. The molecule has 1 unspecified atom stereocenters. The molecule has 0 radical (unpaired) electrons. The van der Waals surface area contributed by atoms with E-state index < -0.39 is 8.24 Å². The third-order valence-corrected chi connectivity index (χ3v) is 12.2. The van der Waals surface area contributed by atoms with Gasteiger partial charge in [-0.3, -0.25) is 4.99 Å². The summed E-state index contributed by atoms with van der Waals surface area (Å²) < 4.78 is 2.72. The van der Waals surface area contributed by atoms with Gasteiger partial charge in [-0.15, -0.1) is 0 Å². The van der Waals surface area contributed by atoms with E-state index in [1.807, 2.05) is 0 Å². The van der Waals surface area contributed by atoms with Crippen LogP contribution in [0.2, 0.25) is 18.6 Å². The highest BCUT2D eigenvalue weighted by Gasteiger charge is 2.54. The van der Waals surface area contributed by atoms with Crippen molar-refractivity contribution in [3.8, 4) is 0 Å². The number of para-hydroxylation sites is 4. The van der Waals surface area contributed by atoms with Crippen LogP contribution in [0.25, 0.3) is 5.57 Å². The van der Waals surface area contributed by atoms with Crippen LogP contribution in [0.4, 0.5) is 22.7 Å². The molecule has 0 bridgehead atoms. The Morgan fingerprint density at radius 1 is 0.848 bits per heavy atom. The summed E-state index contributed by atoms with van der Waals surface area (Å²) in [5.74, 6) is 1.12. The summed E-state index contributed by atoms with van der Waals surface area (Å²) in [6.07, 6.45) is 5.55. The Balaban J connectivity index is 1.43. The molecule has 4 atom stereocenters. The van der Waals surface area contributed by atoms with Gasteiger partial charge in [-0.25, -0.2) is 0 Å². The Bertz CT molecular complexity index is 1200. The van der Waals surface area contributed by atoms with Crippen molar-refractivity contribution >= 4 is 42.8 Å². The molecule has 0 amide bonds. The second kappa shape index (κ2) is 7.74. The average molecular weight is 450 g/mol. The topological polar surface area (TPSA) is 27.6 Å². The normalized spacial score (nSPS) is 25.5. The number of benzene rings is 3. The van der Waals surface area contributed by atoms with E-state index in [-0.39, 0.29) is 0 Å². The lowest BCUT2D eigenvalue weighted by atomic mass is 9.87. The first kappa shape index (κ1) is 20.5. The summed E-state index contributed by atoms with van der Waals surface area (Å²) in [4.78, 5) is 5.16. The molecule has 33 heavy (non-hydrogen) atoms. The summed E-state index contributed by atoms with van der Waals surface area (Å²) in [6.45, 7) is 7.59. The van der Waals surface area contributed by atoms with Crippen molar-refractivity contribution in [2.45, 2.75) is 38.0 Å². The molecule has 166 valence electrons. The van der Waals surface area contributed by atoms with Gasteiger partial charge in [0.05, 0.1) is 28.8 Å². The van der Waals surface area contributed by atoms with Gasteiger partial charge in [0.25, 0.3) is 0 Å². The fourth-order valence-corrected chi connectivity index (χ4v) is 11.4. The van der Waals surface area contributed by atoms with E-state index in [0.29, 0.717) is 23.4 Å². The highest BCUT2D eigenvalue weighted by Crippen LogP contribution is 2.57. The van der Waals surface area contributed by atoms with Gasteiger partial charge < -0.3 is 9.88 Å². The molecule has 1 aliphatic carbocycles. The van der Waals surface area contributed by atoms with Crippen LogP contribution in [-0.2, 0) is 0 Å². The lowest BCUT2D eigenvalue weighted by Crippen LogP contribution is -2.54. The van der Waals surface area contributed by atoms with Gasteiger partial charge in [-0.2, -0.15) is 0 Å². The second-order valence-electron chi connectivity index (χ2n) is 10.3. The van der Waals surface area contributed by atoms with Gasteiger partial charge in [0.1, 0.15) is 0 Å². The van der Waals surface area contributed by atoms with Crippen LogP contribution in [0.1, 0.15) is 18.9 Å². The minimum atomic E-state index is -2.02.